The molecular formula is C7H8N2O6S2. The Bertz CT molecular complexity index is 662. The topological polar surface area (TPSA) is 133 Å². The first-order valence-electron chi connectivity index (χ1n) is 4.05. The van der Waals surface area contributed by atoms with Crippen LogP contribution in [0.2, 0.25) is 0 Å². The van der Waals surface area contributed by atoms with E-state index in [0.717, 1.165) is 18.2 Å². The normalized spacial score (nSPS) is 13.1. The van der Waals surface area contributed by atoms with E-state index in [-0.39, 0.29) is 5.69 Å². The standard InChI is InChI=1S/C7H8N2O6S2/c1-8-9-6-4-5(16(10,11)12)2-3-7(6)17(13,14)15/h2-4H,1H3,(H,10,11,12)(H,13,14,15). The van der Waals surface area contributed by atoms with Gasteiger partial charge in [0.15, 0.2) is 0 Å². The molecule has 2 N–H and O–H groups in total. The highest BCUT2D eigenvalue weighted by Crippen LogP contribution is 2.27. The van der Waals surface area contributed by atoms with Crippen molar-refractivity contribution < 1.29 is 25.9 Å². The lowest BCUT2D eigenvalue weighted by molar-refractivity contribution is 0.478. The Labute approximate surface area is 97.5 Å². The van der Waals surface area contributed by atoms with Crippen molar-refractivity contribution >= 4 is 25.9 Å². The van der Waals surface area contributed by atoms with Crippen LogP contribution in [0, 0.1) is 0 Å². The van der Waals surface area contributed by atoms with Gasteiger partial charge >= 0.3 is 0 Å². The molecule has 0 heterocycles. The van der Waals surface area contributed by atoms with E-state index < -0.39 is 30.0 Å². The Morgan fingerprint density at radius 3 is 2.06 bits per heavy atom. The first kappa shape index (κ1) is 13.7. The fraction of sp³-hybridized carbons (Fsp3) is 0.143. The second-order valence-corrected chi connectivity index (χ2v) is 5.69. The predicted octanol–water partition coefficient (Wildman–Crippen LogP) is 0.894. The zero-order valence-electron chi connectivity index (χ0n) is 8.47. The third-order valence-electron chi connectivity index (χ3n) is 1.71. The first-order valence-corrected chi connectivity index (χ1v) is 6.93. The molecule has 0 spiro atoms. The van der Waals surface area contributed by atoms with Crippen LogP contribution in [-0.2, 0) is 20.2 Å². The highest BCUT2D eigenvalue weighted by Gasteiger charge is 2.19. The fourth-order valence-corrected chi connectivity index (χ4v) is 2.17. The molecule has 0 aliphatic rings. The molecule has 0 aliphatic heterocycles. The molecule has 8 nitrogen and oxygen atoms in total. The van der Waals surface area contributed by atoms with Crippen LogP contribution in [0.1, 0.15) is 0 Å². The zero-order chi connectivity index (χ0) is 13.3. The van der Waals surface area contributed by atoms with Gasteiger partial charge in [-0.3, -0.25) is 9.11 Å². The summed E-state index contributed by atoms with van der Waals surface area (Å²) in [5.74, 6) is 0. The van der Waals surface area contributed by atoms with E-state index in [2.05, 4.69) is 10.2 Å². The van der Waals surface area contributed by atoms with Crippen LogP contribution in [0.15, 0.2) is 38.2 Å². The smallest absolute Gasteiger partial charge is 0.282 e. The third kappa shape index (κ3) is 3.30. The summed E-state index contributed by atoms with van der Waals surface area (Å²) >= 11 is 0. The van der Waals surface area contributed by atoms with Gasteiger partial charge in [-0.2, -0.15) is 27.1 Å². The van der Waals surface area contributed by atoms with Gasteiger partial charge < -0.3 is 0 Å². The lowest BCUT2D eigenvalue weighted by Crippen LogP contribution is -2.02. The number of azo groups is 1. The van der Waals surface area contributed by atoms with Crippen LogP contribution in [0.4, 0.5) is 5.69 Å². The number of hydrogen-bond donors (Lipinski definition) is 2. The number of benzene rings is 1. The lowest BCUT2D eigenvalue weighted by Gasteiger charge is -2.03. The second-order valence-electron chi connectivity index (χ2n) is 2.88. The molecule has 1 aromatic rings. The quantitative estimate of drug-likeness (QED) is 0.624. The van der Waals surface area contributed by atoms with E-state index in [1.807, 2.05) is 0 Å². The van der Waals surface area contributed by atoms with E-state index in [9.17, 15) is 16.8 Å². The van der Waals surface area contributed by atoms with Gasteiger partial charge in [-0.1, -0.05) is 0 Å². The molecule has 0 saturated heterocycles. The molecule has 10 heteroatoms. The van der Waals surface area contributed by atoms with Crippen molar-refractivity contribution in [2.45, 2.75) is 9.79 Å². The summed E-state index contributed by atoms with van der Waals surface area (Å²) in [5.41, 5.74) is -0.384. The van der Waals surface area contributed by atoms with Gasteiger partial charge in [-0.05, 0) is 18.2 Å². The van der Waals surface area contributed by atoms with Gasteiger partial charge in [-0.25, -0.2) is 0 Å². The number of hydrogen-bond acceptors (Lipinski definition) is 6. The van der Waals surface area contributed by atoms with Gasteiger partial charge in [0.2, 0.25) is 0 Å². The molecular weight excluding hydrogens is 272 g/mol. The van der Waals surface area contributed by atoms with Crippen LogP contribution in [0.25, 0.3) is 0 Å². The summed E-state index contributed by atoms with van der Waals surface area (Å²) < 4.78 is 61.1. The maximum Gasteiger partial charge on any atom is 0.296 e. The van der Waals surface area contributed by atoms with E-state index >= 15 is 0 Å². The summed E-state index contributed by atoms with van der Waals surface area (Å²) in [5, 5.41) is 6.63. The van der Waals surface area contributed by atoms with Crippen molar-refractivity contribution in [3.05, 3.63) is 18.2 Å². The monoisotopic (exact) mass is 280 g/mol. The van der Waals surface area contributed by atoms with Crippen molar-refractivity contribution in [1.29, 1.82) is 0 Å². The van der Waals surface area contributed by atoms with Crippen molar-refractivity contribution in [2.24, 2.45) is 10.2 Å². The molecule has 0 unspecified atom stereocenters. The molecule has 0 aliphatic carbocycles. The Hall–Kier alpha value is -1.36. The van der Waals surface area contributed by atoms with Crippen LogP contribution < -0.4 is 0 Å². The SMILES string of the molecule is CN=Nc1cc(S(=O)(=O)O)ccc1S(=O)(=O)O. The maximum absolute atomic E-state index is 10.9. The highest BCUT2D eigenvalue weighted by molar-refractivity contribution is 7.86. The zero-order valence-corrected chi connectivity index (χ0v) is 10.1. The lowest BCUT2D eigenvalue weighted by atomic mass is 10.3. The van der Waals surface area contributed by atoms with Crippen LogP contribution in [-0.4, -0.2) is 33.0 Å². The Kier molecular flexibility index (Phi) is 3.62. The molecule has 0 radical (unpaired) electrons. The van der Waals surface area contributed by atoms with Crippen molar-refractivity contribution in [1.82, 2.24) is 0 Å². The Balaban J connectivity index is 3.60. The minimum Gasteiger partial charge on any atom is -0.282 e. The van der Waals surface area contributed by atoms with E-state index in [1.54, 1.807) is 0 Å². The molecule has 0 bridgehead atoms. The largest absolute Gasteiger partial charge is 0.296 e. The molecule has 94 valence electrons. The van der Waals surface area contributed by atoms with E-state index in [4.69, 9.17) is 9.11 Å². The molecule has 0 fully saturated rings. The summed E-state index contributed by atoms with van der Waals surface area (Å²) in [4.78, 5) is -1.15. The summed E-state index contributed by atoms with van der Waals surface area (Å²) in [7, 11) is -7.80. The Morgan fingerprint density at radius 1 is 1.06 bits per heavy atom. The summed E-state index contributed by atoms with van der Waals surface area (Å²) in [6, 6.07) is 2.42. The molecule has 1 rings (SSSR count). The molecule has 0 aromatic heterocycles. The van der Waals surface area contributed by atoms with E-state index in [1.165, 1.54) is 7.05 Å². The van der Waals surface area contributed by atoms with Gasteiger partial charge in [0, 0.05) is 7.05 Å². The van der Waals surface area contributed by atoms with Crippen molar-refractivity contribution in [3.8, 4) is 0 Å². The molecule has 0 saturated carbocycles. The van der Waals surface area contributed by atoms with Gasteiger partial charge in [0.1, 0.15) is 10.6 Å². The minimum atomic E-state index is -4.55. The average Bonchev–Trinajstić information content (AvgIpc) is 2.15. The maximum atomic E-state index is 10.9. The van der Waals surface area contributed by atoms with Crippen LogP contribution in [0.5, 0.6) is 0 Å². The Morgan fingerprint density at radius 2 is 1.65 bits per heavy atom. The predicted molar refractivity (Wildman–Crippen MR) is 56.5 cm³/mol. The number of nitrogens with zero attached hydrogens (tertiary/aromatic N) is 2. The van der Waals surface area contributed by atoms with Gasteiger partial charge in [0.25, 0.3) is 20.2 Å². The summed E-state index contributed by atoms with van der Waals surface area (Å²) in [6.07, 6.45) is 0. The molecule has 0 atom stereocenters. The van der Waals surface area contributed by atoms with E-state index in [0.29, 0.717) is 0 Å². The minimum absolute atomic E-state index is 0.384. The first-order chi connectivity index (χ1) is 7.66. The molecule has 0 amide bonds. The number of rotatable bonds is 3. The summed E-state index contributed by atoms with van der Waals surface area (Å²) in [6.45, 7) is 0. The third-order valence-corrected chi connectivity index (χ3v) is 3.46. The van der Waals surface area contributed by atoms with Crippen molar-refractivity contribution in [3.63, 3.8) is 0 Å². The van der Waals surface area contributed by atoms with Gasteiger partial charge in [0.05, 0.1) is 4.90 Å². The van der Waals surface area contributed by atoms with Crippen LogP contribution >= 0.6 is 0 Å². The van der Waals surface area contributed by atoms with Crippen molar-refractivity contribution in [2.75, 3.05) is 7.05 Å². The van der Waals surface area contributed by atoms with Crippen LogP contribution in [0.3, 0.4) is 0 Å². The fourth-order valence-electron chi connectivity index (χ4n) is 1.06. The molecule has 17 heavy (non-hydrogen) atoms. The average molecular weight is 280 g/mol. The highest BCUT2D eigenvalue weighted by atomic mass is 32.2. The van der Waals surface area contributed by atoms with Gasteiger partial charge in [-0.15, -0.1) is 0 Å². The second kappa shape index (κ2) is 4.49. The molecule has 1 aromatic carbocycles.